The van der Waals surface area contributed by atoms with E-state index in [-0.39, 0.29) is 3.97 Å². The molecule has 1 heterocycles. The van der Waals surface area contributed by atoms with Gasteiger partial charge in [-0.2, -0.15) is 0 Å². The lowest BCUT2D eigenvalue weighted by atomic mass is 11.0. The smallest absolute Gasteiger partial charge is 0.289 e. The highest BCUT2D eigenvalue weighted by atomic mass is 32.2. The molecule has 12 heavy (non-hydrogen) atoms. The molecule has 1 unspecified atom stereocenters. The Kier molecular flexibility index (Phi) is 2.06. The molecule has 0 aromatic carbocycles. The predicted molar refractivity (Wildman–Crippen MR) is 38.1 cm³/mol. The third-order valence-corrected chi connectivity index (χ3v) is 1.61. The number of rotatable bonds is 1. The first-order chi connectivity index (χ1) is 5.52. The average Bonchev–Trinajstić information content (AvgIpc) is 1.82. The van der Waals surface area contributed by atoms with E-state index in [0.29, 0.717) is 0 Å². The van der Waals surface area contributed by atoms with E-state index < -0.39 is 28.3 Å². The van der Waals surface area contributed by atoms with Crippen LogP contribution in [0.4, 0.5) is 0 Å². The zero-order valence-corrected chi connectivity index (χ0v) is 6.25. The van der Waals surface area contributed by atoms with Gasteiger partial charge < -0.3 is 0 Å². The van der Waals surface area contributed by atoms with Crippen molar-refractivity contribution in [2.75, 3.05) is 0 Å². The molecule has 0 aliphatic carbocycles. The van der Waals surface area contributed by atoms with Gasteiger partial charge in [0.25, 0.3) is 11.3 Å². The summed E-state index contributed by atoms with van der Waals surface area (Å²) in [6.45, 7) is 0. The molecule has 0 aliphatic rings. The van der Waals surface area contributed by atoms with Crippen LogP contribution in [0.5, 0.6) is 0 Å². The van der Waals surface area contributed by atoms with E-state index in [1.807, 2.05) is 0 Å². The summed E-state index contributed by atoms with van der Waals surface area (Å²) in [6, 6.07) is 0. The van der Waals surface area contributed by atoms with Crippen molar-refractivity contribution in [1.82, 2.24) is 13.9 Å². The summed E-state index contributed by atoms with van der Waals surface area (Å²) in [6.07, 6.45) is 0. The van der Waals surface area contributed by atoms with Crippen molar-refractivity contribution in [3.8, 4) is 0 Å². The Morgan fingerprint density at radius 2 is 1.58 bits per heavy atom. The van der Waals surface area contributed by atoms with Crippen LogP contribution in [0.2, 0.25) is 0 Å². The van der Waals surface area contributed by atoms with E-state index in [0.717, 1.165) is 0 Å². The maximum absolute atomic E-state index is 10.6. The molecule has 1 aromatic heterocycles. The van der Waals surface area contributed by atoms with Crippen LogP contribution in [-0.4, -0.2) is 22.7 Å². The Labute approximate surface area is 66.3 Å². The second kappa shape index (κ2) is 2.87. The summed E-state index contributed by atoms with van der Waals surface area (Å²) in [4.78, 5) is 34.9. The van der Waals surface area contributed by atoms with Gasteiger partial charge in [0.2, 0.25) is 0 Å². The third kappa shape index (κ3) is 1.40. The Morgan fingerprint density at radius 1 is 1.17 bits per heavy atom. The highest BCUT2D eigenvalue weighted by molar-refractivity contribution is 7.77. The van der Waals surface area contributed by atoms with Gasteiger partial charge in [-0.25, -0.2) is 18.6 Å². The van der Waals surface area contributed by atoms with E-state index >= 15 is 0 Å². The summed E-state index contributed by atoms with van der Waals surface area (Å²) in [5, 5.41) is 0. The van der Waals surface area contributed by atoms with Gasteiger partial charge in [0, 0.05) is 0 Å². The molecule has 0 fully saturated rings. The van der Waals surface area contributed by atoms with Crippen molar-refractivity contribution >= 4 is 11.3 Å². The second-order valence-electron chi connectivity index (χ2n) is 1.71. The quantitative estimate of drug-likeness (QED) is 0.416. The Morgan fingerprint density at radius 3 is 1.92 bits per heavy atom. The Balaban J connectivity index is 3.73. The van der Waals surface area contributed by atoms with Gasteiger partial charge in [0.1, 0.15) is 0 Å². The van der Waals surface area contributed by atoms with Gasteiger partial charge in [0.05, 0.1) is 0 Å². The lowest BCUT2D eigenvalue weighted by Crippen LogP contribution is -2.44. The molecule has 0 spiro atoms. The minimum Gasteiger partial charge on any atom is -0.289 e. The number of hydrogen-bond acceptors (Lipinski definition) is 4. The number of nitrogens with zero attached hydrogens (tertiary/aromatic N) is 1. The SMILES string of the molecule is O=c1[nH]c(=O)n(S(=O)O)c(=O)[nH]1. The van der Waals surface area contributed by atoms with Crippen molar-refractivity contribution in [2.45, 2.75) is 0 Å². The molecule has 66 valence electrons. The molecule has 1 rings (SSSR count). The molecule has 0 saturated carbocycles. The number of nitrogens with one attached hydrogen (secondary N) is 2. The lowest BCUT2D eigenvalue weighted by Gasteiger charge is -1.93. The molecule has 0 saturated heterocycles. The first-order valence-corrected chi connectivity index (χ1v) is 3.66. The van der Waals surface area contributed by atoms with Gasteiger partial charge >= 0.3 is 17.1 Å². The zero-order chi connectivity index (χ0) is 9.30. The minimum absolute atomic E-state index is 0.0403. The largest absolute Gasteiger partial charge is 0.347 e. The first kappa shape index (κ1) is 8.62. The van der Waals surface area contributed by atoms with E-state index in [1.165, 1.54) is 0 Å². The standard InChI is InChI=1S/C3H3N3O5S/c7-1-4-2(8)6(12(10)11)3(9)5-1/h(H,10,11)(H2,4,5,7,8,9). The van der Waals surface area contributed by atoms with Gasteiger partial charge in [-0.15, -0.1) is 3.97 Å². The Bertz CT molecular complexity index is 445. The second-order valence-corrected chi connectivity index (χ2v) is 2.54. The summed E-state index contributed by atoms with van der Waals surface area (Å²) in [5.41, 5.74) is -3.49. The van der Waals surface area contributed by atoms with Crippen molar-refractivity contribution in [1.29, 1.82) is 0 Å². The molecule has 0 aliphatic heterocycles. The minimum atomic E-state index is -2.77. The van der Waals surface area contributed by atoms with Crippen LogP contribution >= 0.6 is 0 Å². The summed E-state index contributed by atoms with van der Waals surface area (Å²) in [5.74, 6) is 0. The van der Waals surface area contributed by atoms with Crippen LogP contribution in [0.15, 0.2) is 14.4 Å². The number of hydrogen-bond donors (Lipinski definition) is 3. The predicted octanol–water partition coefficient (Wildman–Crippen LogP) is -2.79. The van der Waals surface area contributed by atoms with Gasteiger partial charge in [0.15, 0.2) is 0 Å². The third-order valence-electron chi connectivity index (χ3n) is 0.966. The normalized spacial score (nSPS) is 12.8. The van der Waals surface area contributed by atoms with E-state index in [9.17, 15) is 18.6 Å². The van der Waals surface area contributed by atoms with Crippen LogP contribution in [-0.2, 0) is 11.3 Å². The van der Waals surface area contributed by atoms with Gasteiger partial charge in [-0.1, -0.05) is 0 Å². The van der Waals surface area contributed by atoms with Crippen LogP contribution in [0.1, 0.15) is 0 Å². The van der Waals surface area contributed by atoms with Crippen molar-refractivity contribution < 1.29 is 8.76 Å². The number of aromatic amines is 2. The zero-order valence-electron chi connectivity index (χ0n) is 5.44. The topological polar surface area (TPSA) is 125 Å². The molecule has 8 nitrogen and oxygen atoms in total. The molecular weight excluding hydrogens is 190 g/mol. The van der Waals surface area contributed by atoms with Gasteiger partial charge in [-0.3, -0.25) is 14.5 Å². The van der Waals surface area contributed by atoms with E-state index in [4.69, 9.17) is 4.55 Å². The molecule has 1 aromatic rings. The van der Waals surface area contributed by atoms with Gasteiger partial charge in [-0.05, 0) is 0 Å². The summed E-state index contributed by atoms with van der Waals surface area (Å²) >= 11 is -2.77. The average molecular weight is 193 g/mol. The summed E-state index contributed by atoms with van der Waals surface area (Å²) < 4.78 is 18.6. The maximum atomic E-state index is 10.6. The molecule has 0 radical (unpaired) electrons. The fourth-order valence-corrected chi connectivity index (χ4v) is 0.936. The fraction of sp³-hybridized carbons (Fsp3) is 0. The monoisotopic (exact) mass is 193 g/mol. The highest BCUT2D eigenvalue weighted by Crippen LogP contribution is 1.65. The highest BCUT2D eigenvalue weighted by Gasteiger charge is 2.06. The first-order valence-electron chi connectivity index (χ1n) is 2.59. The van der Waals surface area contributed by atoms with Crippen molar-refractivity contribution in [3.05, 3.63) is 31.5 Å². The molecular formula is C3H3N3O5S. The molecule has 1 atom stereocenters. The fourth-order valence-electron chi connectivity index (χ4n) is 0.561. The molecule has 9 heteroatoms. The van der Waals surface area contributed by atoms with Crippen LogP contribution in [0, 0.1) is 0 Å². The Hall–Kier alpha value is -1.48. The number of H-pyrrole nitrogens is 2. The van der Waals surface area contributed by atoms with Crippen LogP contribution in [0.3, 0.4) is 0 Å². The van der Waals surface area contributed by atoms with Crippen LogP contribution in [0.25, 0.3) is 0 Å². The molecule has 3 N–H and O–H groups in total. The maximum Gasteiger partial charge on any atom is 0.347 e. The van der Waals surface area contributed by atoms with Crippen molar-refractivity contribution in [2.24, 2.45) is 0 Å². The van der Waals surface area contributed by atoms with E-state index in [1.54, 1.807) is 9.97 Å². The number of aromatic nitrogens is 3. The lowest BCUT2D eigenvalue weighted by molar-refractivity contribution is 0.546. The van der Waals surface area contributed by atoms with Crippen molar-refractivity contribution in [3.63, 3.8) is 0 Å². The molecule has 0 bridgehead atoms. The van der Waals surface area contributed by atoms with E-state index in [2.05, 4.69) is 0 Å². The summed E-state index contributed by atoms with van der Waals surface area (Å²) in [7, 11) is 0. The molecule has 0 amide bonds. The van der Waals surface area contributed by atoms with Crippen LogP contribution < -0.4 is 17.1 Å².